The van der Waals surface area contributed by atoms with E-state index in [2.05, 4.69) is 4.90 Å². The summed E-state index contributed by atoms with van der Waals surface area (Å²) in [6.45, 7) is 11.8. The molecular formula is C27H47N3O4S2. The summed E-state index contributed by atoms with van der Waals surface area (Å²) in [5, 5.41) is 0. The van der Waals surface area contributed by atoms with Crippen LogP contribution in [0.4, 0.5) is 0 Å². The average Bonchev–Trinajstić information content (AvgIpc) is 2.82. The maximum absolute atomic E-state index is 13.7. The molecule has 0 radical (unpaired) electrons. The van der Waals surface area contributed by atoms with E-state index in [1.54, 1.807) is 27.7 Å². The van der Waals surface area contributed by atoms with Gasteiger partial charge in [-0.15, -0.1) is 0 Å². The Labute approximate surface area is 220 Å². The molecule has 0 atom stereocenters. The van der Waals surface area contributed by atoms with E-state index in [-0.39, 0.29) is 12.3 Å². The second-order valence-corrected chi connectivity index (χ2v) is 15.8. The molecule has 1 saturated carbocycles. The van der Waals surface area contributed by atoms with E-state index in [1.807, 2.05) is 32.9 Å². The SMILES string of the molecule is CCS(=O)(=O)N1CCCN(CC2CCCCC2)CCCN(S(=O)(=O)c2ccc(C)cc2)CC(C)(C)C1. The maximum Gasteiger partial charge on any atom is 0.243 e. The maximum atomic E-state index is 13.7. The fraction of sp³-hybridized carbons (Fsp3) is 0.778. The Morgan fingerprint density at radius 2 is 1.36 bits per heavy atom. The molecule has 206 valence electrons. The molecule has 9 heteroatoms. The van der Waals surface area contributed by atoms with Gasteiger partial charge in [0.25, 0.3) is 0 Å². The minimum Gasteiger partial charge on any atom is -0.303 e. The van der Waals surface area contributed by atoms with E-state index in [9.17, 15) is 16.8 Å². The number of sulfonamides is 2. The smallest absolute Gasteiger partial charge is 0.243 e. The number of rotatable bonds is 6. The first-order valence-electron chi connectivity index (χ1n) is 13.7. The summed E-state index contributed by atoms with van der Waals surface area (Å²) < 4.78 is 56.6. The Hall–Kier alpha value is -1.00. The normalized spacial score (nSPS) is 23.1. The molecule has 0 aromatic heterocycles. The van der Waals surface area contributed by atoms with Gasteiger partial charge in [0.1, 0.15) is 0 Å². The van der Waals surface area contributed by atoms with Crippen LogP contribution in [0.5, 0.6) is 0 Å². The highest BCUT2D eigenvalue weighted by molar-refractivity contribution is 7.89. The summed E-state index contributed by atoms with van der Waals surface area (Å²) in [7, 11) is -7.08. The van der Waals surface area contributed by atoms with Crippen LogP contribution in [0.2, 0.25) is 0 Å². The van der Waals surface area contributed by atoms with Crippen LogP contribution in [0.25, 0.3) is 0 Å². The van der Waals surface area contributed by atoms with E-state index in [0.29, 0.717) is 30.4 Å². The molecule has 7 nitrogen and oxygen atoms in total. The predicted molar refractivity (Wildman–Crippen MR) is 147 cm³/mol. The van der Waals surface area contributed by atoms with E-state index >= 15 is 0 Å². The zero-order valence-corrected chi connectivity index (χ0v) is 24.4. The zero-order chi connectivity index (χ0) is 26.4. The van der Waals surface area contributed by atoms with Crippen molar-refractivity contribution in [2.45, 2.75) is 77.5 Å². The monoisotopic (exact) mass is 541 g/mol. The first-order valence-corrected chi connectivity index (χ1v) is 16.7. The van der Waals surface area contributed by atoms with Gasteiger partial charge < -0.3 is 4.90 Å². The summed E-state index contributed by atoms with van der Waals surface area (Å²) in [6, 6.07) is 7.01. The van der Waals surface area contributed by atoms with E-state index in [4.69, 9.17) is 0 Å². The van der Waals surface area contributed by atoms with Gasteiger partial charge in [0, 0.05) is 32.7 Å². The van der Waals surface area contributed by atoms with Crippen LogP contribution in [-0.4, -0.2) is 81.9 Å². The first kappa shape index (κ1) is 29.6. The molecule has 1 heterocycles. The molecule has 1 aromatic rings. The van der Waals surface area contributed by atoms with Gasteiger partial charge in [-0.3, -0.25) is 0 Å². The van der Waals surface area contributed by atoms with Gasteiger partial charge in [0.05, 0.1) is 10.6 Å². The third-order valence-corrected chi connectivity index (χ3v) is 11.3. The summed E-state index contributed by atoms with van der Waals surface area (Å²) in [6.07, 6.45) is 7.99. The molecule has 36 heavy (non-hydrogen) atoms. The highest BCUT2D eigenvalue weighted by Crippen LogP contribution is 2.28. The van der Waals surface area contributed by atoms with Crippen LogP contribution in [0.15, 0.2) is 29.2 Å². The van der Waals surface area contributed by atoms with Crippen LogP contribution < -0.4 is 0 Å². The number of aryl methyl sites for hydroxylation is 1. The van der Waals surface area contributed by atoms with Crippen molar-refractivity contribution in [1.82, 2.24) is 13.5 Å². The van der Waals surface area contributed by atoms with Crippen molar-refractivity contribution in [3.05, 3.63) is 29.8 Å². The van der Waals surface area contributed by atoms with Crippen molar-refractivity contribution in [2.24, 2.45) is 11.3 Å². The number of hydrogen-bond donors (Lipinski definition) is 0. The molecule has 1 aliphatic carbocycles. The molecule has 1 aromatic carbocycles. The molecule has 1 aliphatic heterocycles. The van der Waals surface area contributed by atoms with Crippen molar-refractivity contribution in [3.63, 3.8) is 0 Å². The summed E-state index contributed by atoms with van der Waals surface area (Å²) in [5.74, 6) is 0.744. The molecule has 1 saturated heterocycles. The minimum absolute atomic E-state index is 0.0558. The van der Waals surface area contributed by atoms with Crippen molar-refractivity contribution < 1.29 is 16.8 Å². The van der Waals surface area contributed by atoms with Gasteiger partial charge in [-0.05, 0) is 76.1 Å². The Morgan fingerprint density at radius 1 is 0.806 bits per heavy atom. The lowest BCUT2D eigenvalue weighted by atomic mass is 9.89. The molecule has 2 aliphatic rings. The van der Waals surface area contributed by atoms with E-state index < -0.39 is 25.5 Å². The fourth-order valence-electron chi connectivity index (χ4n) is 5.62. The van der Waals surface area contributed by atoms with E-state index in [0.717, 1.165) is 38.0 Å². The fourth-order valence-corrected chi connectivity index (χ4v) is 8.60. The lowest BCUT2D eigenvalue weighted by Crippen LogP contribution is -2.48. The van der Waals surface area contributed by atoms with Gasteiger partial charge in [-0.1, -0.05) is 50.8 Å². The number of benzene rings is 1. The second kappa shape index (κ2) is 12.7. The zero-order valence-electron chi connectivity index (χ0n) is 22.8. The molecular weight excluding hydrogens is 494 g/mol. The van der Waals surface area contributed by atoms with Gasteiger partial charge in [-0.25, -0.2) is 21.1 Å². The molecule has 2 fully saturated rings. The molecule has 0 bridgehead atoms. The molecule has 0 amide bonds. The summed E-state index contributed by atoms with van der Waals surface area (Å²) >= 11 is 0. The number of hydrogen-bond acceptors (Lipinski definition) is 5. The van der Waals surface area contributed by atoms with Crippen molar-refractivity contribution in [2.75, 3.05) is 51.6 Å². The van der Waals surface area contributed by atoms with Crippen LogP contribution in [-0.2, 0) is 20.0 Å². The highest BCUT2D eigenvalue weighted by Gasteiger charge is 2.35. The third-order valence-electron chi connectivity index (χ3n) is 7.63. The second-order valence-electron chi connectivity index (χ2n) is 11.6. The summed E-state index contributed by atoms with van der Waals surface area (Å²) in [5.41, 5.74) is 0.489. The van der Waals surface area contributed by atoms with E-state index in [1.165, 1.54) is 32.1 Å². The largest absolute Gasteiger partial charge is 0.303 e. The van der Waals surface area contributed by atoms with Crippen molar-refractivity contribution >= 4 is 20.0 Å². The first-order chi connectivity index (χ1) is 16.9. The quantitative estimate of drug-likeness (QED) is 0.535. The predicted octanol–water partition coefficient (Wildman–Crippen LogP) is 4.34. The Balaban J connectivity index is 1.87. The minimum atomic E-state index is -3.69. The van der Waals surface area contributed by atoms with Crippen LogP contribution in [0.1, 0.15) is 71.3 Å². The van der Waals surface area contributed by atoms with Crippen molar-refractivity contribution in [1.29, 1.82) is 0 Å². The summed E-state index contributed by atoms with van der Waals surface area (Å²) in [4.78, 5) is 2.75. The van der Waals surface area contributed by atoms with Gasteiger partial charge >= 0.3 is 0 Å². The molecule has 0 N–H and O–H groups in total. The topological polar surface area (TPSA) is 78.0 Å². The van der Waals surface area contributed by atoms with Crippen LogP contribution in [0.3, 0.4) is 0 Å². The highest BCUT2D eigenvalue weighted by atomic mass is 32.2. The standard InChI is InChI=1S/C27H47N3O4S2/c1-5-35(31,32)29-19-9-17-28(21-25-11-7-6-8-12-25)18-10-20-30(23-27(3,4)22-29)36(33,34)26-15-13-24(2)14-16-26/h13-16,25H,5-12,17-23H2,1-4H3. The Bertz CT molecular complexity index is 1030. The van der Waals surface area contributed by atoms with Crippen LogP contribution >= 0.6 is 0 Å². The van der Waals surface area contributed by atoms with Gasteiger partial charge in [0.2, 0.25) is 20.0 Å². The Morgan fingerprint density at radius 3 is 1.94 bits per heavy atom. The van der Waals surface area contributed by atoms with Gasteiger partial charge in [0.15, 0.2) is 0 Å². The molecule has 0 unspecified atom stereocenters. The molecule has 3 rings (SSSR count). The average molecular weight is 542 g/mol. The van der Waals surface area contributed by atoms with Crippen molar-refractivity contribution in [3.8, 4) is 0 Å². The lowest BCUT2D eigenvalue weighted by molar-refractivity contribution is 0.162. The third kappa shape index (κ3) is 8.25. The molecule has 0 spiro atoms. The van der Waals surface area contributed by atoms with Gasteiger partial charge in [-0.2, -0.15) is 4.31 Å². The number of nitrogens with zero attached hydrogens (tertiary/aromatic N) is 3. The Kier molecular flexibility index (Phi) is 10.4. The van der Waals surface area contributed by atoms with Crippen LogP contribution in [0, 0.1) is 18.3 Å². The lowest BCUT2D eigenvalue weighted by Gasteiger charge is -2.37.